The quantitative estimate of drug-likeness (QED) is 0.343. The number of esters is 1. The first-order valence-electron chi connectivity index (χ1n) is 10.6. The highest BCUT2D eigenvalue weighted by molar-refractivity contribution is 7.52. The number of benzene rings is 1. The van der Waals surface area contributed by atoms with Gasteiger partial charge in [-0.05, 0) is 45.0 Å². The molecule has 33 heavy (non-hydrogen) atoms. The van der Waals surface area contributed by atoms with Crippen LogP contribution in [0.4, 0.5) is 0 Å². The van der Waals surface area contributed by atoms with E-state index in [-0.39, 0.29) is 18.5 Å². The molecule has 0 spiro atoms. The van der Waals surface area contributed by atoms with E-state index in [1.807, 2.05) is 0 Å². The molecule has 3 N–H and O–H groups in total. The average molecular weight is 480 g/mol. The minimum Gasteiger partial charge on any atom is -0.462 e. The molecule has 1 fully saturated rings. The summed E-state index contributed by atoms with van der Waals surface area (Å²) in [4.78, 5) is 16.4. The summed E-state index contributed by atoms with van der Waals surface area (Å²) in [5.74, 6) is -0.384. The SMILES string of the molecule is CC(C)OC(=O)[C@H](C)N[P@](=O)(OC[C@H]1O[C@@H](c2ccccn2)[C@H](O)[C@@H]1O)Oc1ccccc1. The number of aliphatic hydroxyl groups excluding tert-OH is 2. The van der Waals surface area contributed by atoms with Crippen LogP contribution in [-0.4, -0.2) is 58.2 Å². The minimum absolute atomic E-state index is 0.247. The van der Waals surface area contributed by atoms with E-state index < -0.39 is 44.2 Å². The van der Waals surface area contributed by atoms with Gasteiger partial charge in [-0.3, -0.25) is 14.3 Å². The fourth-order valence-electron chi connectivity index (χ4n) is 3.18. The van der Waals surface area contributed by atoms with Crippen molar-refractivity contribution in [1.82, 2.24) is 10.1 Å². The number of aromatic nitrogens is 1. The number of para-hydroxylation sites is 1. The summed E-state index contributed by atoms with van der Waals surface area (Å²) in [6, 6.07) is 12.4. The van der Waals surface area contributed by atoms with E-state index in [4.69, 9.17) is 18.5 Å². The topological polar surface area (TPSA) is 136 Å². The second kappa shape index (κ2) is 11.2. The van der Waals surface area contributed by atoms with Crippen molar-refractivity contribution in [2.24, 2.45) is 0 Å². The average Bonchev–Trinajstić information content (AvgIpc) is 3.07. The zero-order valence-corrected chi connectivity index (χ0v) is 19.5. The first kappa shape index (κ1) is 25.3. The largest absolute Gasteiger partial charge is 0.462 e. The Bertz CT molecular complexity index is 946. The van der Waals surface area contributed by atoms with Gasteiger partial charge in [0, 0.05) is 6.20 Å². The third kappa shape index (κ3) is 6.83. The van der Waals surface area contributed by atoms with Crippen LogP contribution in [0, 0.1) is 0 Å². The lowest BCUT2D eigenvalue weighted by Crippen LogP contribution is -2.38. The van der Waals surface area contributed by atoms with Gasteiger partial charge in [0.15, 0.2) is 0 Å². The molecule has 11 heteroatoms. The smallest absolute Gasteiger partial charge is 0.459 e. The summed E-state index contributed by atoms with van der Waals surface area (Å²) in [6.45, 7) is 4.48. The van der Waals surface area contributed by atoms with Crippen LogP contribution < -0.4 is 9.61 Å². The van der Waals surface area contributed by atoms with Crippen LogP contribution in [0.15, 0.2) is 54.7 Å². The van der Waals surface area contributed by atoms with E-state index in [1.165, 1.54) is 6.92 Å². The number of hydrogen-bond donors (Lipinski definition) is 3. The fourth-order valence-corrected chi connectivity index (χ4v) is 4.68. The Morgan fingerprint density at radius 1 is 1.12 bits per heavy atom. The van der Waals surface area contributed by atoms with Crippen molar-refractivity contribution in [3.8, 4) is 5.75 Å². The predicted octanol–water partition coefficient (Wildman–Crippen LogP) is 2.38. The molecule has 1 aromatic carbocycles. The highest BCUT2D eigenvalue weighted by Gasteiger charge is 2.45. The molecule has 0 amide bonds. The fraction of sp³-hybridized carbons (Fsp3) is 0.455. The molecule has 180 valence electrons. The molecule has 0 bridgehead atoms. The summed E-state index contributed by atoms with van der Waals surface area (Å²) < 4.78 is 35.5. The maximum Gasteiger partial charge on any atom is 0.459 e. The molecule has 0 saturated carbocycles. The van der Waals surface area contributed by atoms with E-state index in [9.17, 15) is 19.6 Å². The molecule has 6 atom stereocenters. The van der Waals surface area contributed by atoms with Gasteiger partial charge in [0.05, 0.1) is 18.4 Å². The van der Waals surface area contributed by atoms with Crippen molar-refractivity contribution < 1.29 is 38.1 Å². The molecule has 1 aromatic heterocycles. The molecule has 0 aliphatic carbocycles. The third-order valence-electron chi connectivity index (χ3n) is 4.78. The number of hydrogen-bond acceptors (Lipinski definition) is 9. The van der Waals surface area contributed by atoms with Gasteiger partial charge in [-0.2, -0.15) is 5.09 Å². The zero-order chi connectivity index (χ0) is 24.0. The zero-order valence-electron chi connectivity index (χ0n) is 18.6. The van der Waals surface area contributed by atoms with E-state index in [1.54, 1.807) is 68.6 Å². The van der Waals surface area contributed by atoms with E-state index in [0.29, 0.717) is 5.69 Å². The van der Waals surface area contributed by atoms with Crippen molar-refractivity contribution in [3.63, 3.8) is 0 Å². The van der Waals surface area contributed by atoms with Crippen molar-refractivity contribution >= 4 is 13.7 Å². The minimum atomic E-state index is -4.12. The lowest BCUT2D eigenvalue weighted by molar-refractivity contribution is -0.149. The van der Waals surface area contributed by atoms with Gasteiger partial charge in [0.25, 0.3) is 0 Å². The van der Waals surface area contributed by atoms with Crippen molar-refractivity contribution in [3.05, 3.63) is 60.4 Å². The number of pyridine rings is 1. The number of ether oxygens (including phenoxy) is 2. The summed E-state index contributed by atoms with van der Waals surface area (Å²) >= 11 is 0. The second-order valence-electron chi connectivity index (χ2n) is 7.86. The molecule has 0 unspecified atom stereocenters. The normalized spacial score (nSPS) is 25.4. The molecule has 2 heterocycles. The molecular formula is C22H29N2O8P. The highest BCUT2D eigenvalue weighted by Crippen LogP contribution is 2.46. The van der Waals surface area contributed by atoms with Gasteiger partial charge in [-0.25, -0.2) is 4.57 Å². The molecule has 1 aliphatic heterocycles. The van der Waals surface area contributed by atoms with Crippen LogP contribution in [0.25, 0.3) is 0 Å². The number of carbonyl (C=O) groups is 1. The molecule has 3 rings (SSSR count). The molecular weight excluding hydrogens is 451 g/mol. The molecule has 2 aromatic rings. The predicted molar refractivity (Wildman–Crippen MR) is 118 cm³/mol. The molecule has 0 radical (unpaired) electrons. The number of carbonyl (C=O) groups excluding carboxylic acids is 1. The summed E-state index contributed by atoms with van der Waals surface area (Å²) in [5.41, 5.74) is 0.443. The van der Waals surface area contributed by atoms with Crippen molar-refractivity contribution in [2.45, 2.75) is 57.3 Å². The summed E-state index contributed by atoms with van der Waals surface area (Å²) in [6.07, 6.45) is -3.27. The number of aliphatic hydroxyl groups is 2. The van der Waals surface area contributed by atoms with Crippen LogP contribution in [0.1, 0.15) is 32.6 Å². The lowest BCUT2D eigenvalue weighted by Gasteiger charge is -2.25. The third-order valence-corrected chi connectivity index (χ3v) is 6.42. The van der Waals surface area contributed by atoms with Crippen LogP contribution in [-0.2, 0) is 23.4 Å². The Morgan fingerprint density at radius 3 is 2.45 bits per heavy atom. The van der Waals surface area contributed by atoms with Crippen LogP contribution in [0.2, 0.25) is 0 Å². The first-order valence-corrected chi connectivity index (χ1v) is 12.1. The van der Waals surface area contributed by atoms with Gasteiger partial charge in [-0.15, -0.1) is 0 Å². The van der Waals surface area contributed by atoms with Crippen molar-refractivity contribution in [2.75, 3.05) is 6.61 Å². The number of nitrogens with one attached hydrogen (secondary N) is 1. The molecule has 10 nitrogen and oxygen atoms in total. The standard InChI is InChI=1S/C22H29N2O8P/c1-14(2)30-22(27)15(3)24-33(28,32-16-9-5-4-6-10-16)29-13-18-19(25)20(26)21(31-18)17-11-7-8-12-23-17/h4-12,14-15,18-21,25-26H,13H2,1-3H3,(H,24,28)/t15-,18+,19+,20+,21-,33-/m0/s1. The summed E-state index contributed by atoms with van der Waals surface area (Å²) in [5, 5.41) is 23.4. The van der Waals surface area contributed by atoms with E-state index in [0.717, 1.165) is 0 Å². The van der Waals surface area contributed by atoms with Gasteiger partial charge < -0.3 is 24.2 Å². The maximum absolute atomic E-state index is 13.5. The van der Waals surface area contributed by atoms with Gasteiger partial charge in [0.1, 0.15) is 36.2 Å². The Morgan fingerprint density at radius 2 is 1.82 bits per heavy atom. The first-order chi connectivity index (χ1) is 15.7. The number of nitrogens with zero attached hydrogens (tertiary/aromatic N) is 1. The molecule has 1 aliphatic rings. The Balaban J connectivity index is 1.71. The van der Waals surface area contributed by atoms with Crippen LogP contribution in [0.3, 0.4) is 0 Å². The van der Waals surface area contributed by atoms with E-state index >= 15 is 0 Å². The van der Waals surface area contributed by atoms with Crippen LogP contribution >= 0.6 is 7.75 Å². The van der Waals surface area contributed by atoms with E-state index in [2.05, 4.69) is 10.1 Å². The Labute approximate surface area is 192 Å². The monoisotopic (exact) mass is 480 g/mol. The Kier molecular flexibility index (Phi) is 8.58. The second-order valence-corrected chi connectivity index (χ2v) is 9.56. The van der Waals surface area contributed by atoms with Gasteiger partial charge in [0.2, 0.25) is 0 Å². The maximum atomic E-state index is 13.5. The highest BCUT2D eigenvalue weighted by atomic mass is 31.2. The summed E-state index contributed by atoms with van der Waals surface area (Å²) in [7, 11) is -4.12. The van der Waals surface area contributed by atoms with Crippen molar-refractivity contribution in [1.29, 1.82) is 0 Å². The Hall–Kier alpha value is -2.33. The lowest BCUT2D eigenvalue weighted by atomic mass is 10.1. The number of rotatable bonds is 10. The van der Waals surface area contributed by atoms with Crippen LogP contribution in [0.5, 0.6) is 5.75 Å². The van der Waals surface area contributed by atoms with Gasteiger partial charge >= 0.3 is 13.7 Å². The molecule has 1 saturated heterocycles. The van der Waals surface area contributed by atoms with Gasteiger partial charge in [-0.1, -0.05) is 24.3 Å².